The molecule has 1 amide bonds. The molecule has 1 N–H and O–H groups in total. The number of aryl methyl sites for hydroxylation is 2. The summed E-state index contributed by atoms with van der Waals surface area (Å²) < 4.78 is 34.0. The quantitative estimate of drug-likeness (QED) is 0.380. The van der Waals surface area contributed by atoms with Gasteiger partial charge in [-0.25, -0.2) is 8.42 Å². The Morgan fingerprint density at radius 3 is 2.17 bits per heavy atom. The second kappa shape index (κ2) is 11.6. The minimum atomic E-state index is -3.98. The fourth-order valence-electron chi connectivity index (χ4n) is 4.10. The van der Waals surface area contributed by atoms with E-state index in [-0.39, 0.29) is 23.4 Å². The Kier molecular flexibility index (Phi) is 8.79. The van der Waals surface area contributed by atoms with Crippen molar-refractivity contribution >= 4 is 21.6 Å². The number of methoxy groups -OCH3 is 1. The molecule has 3 aromatic rings. The molecule has 0 aromatic heterocycles. The van der Waals surface area contributed by atoms with Crippen LogP contribution in [0.1, 0.15) is 48.6 Å². The van der Waals surface area contributed by atoms with Gasteiger partial charge in [-0.15, -0.1) is 0 Å². The predicted molar refractivity (Wildman–Crippen MR) is 145 cm³/mol. The fraction of sp³-hybridized carbons (Fsp3) is 0.345. The number of hydrogen-bond acceptors (Lipinski definition) is 4. The van der Waals surface area contributed by atoms with Crippen molar-refractivity contribution in [2.24, 2.45) is 5.92 Å². The fourth-order valence-corrected chi connectivity index (χ4v) is 5.58. The molecule has 7 heteroatoms. The second-order valence-electron chi connectivity index (χ2n) is 9.57. The van der Waals surface area contributed by atoms with Crippen molar-refractivity contribution in [2.75, 3.05) is 18.0 Å². The van der Waals surface area contributed by atoms with Gasteiger partial charge in [0.25, 0.3) is 10.0 Å². The van der Waals surface area contributed by atoms with E-state index in [0.717, 1.165) is 28.0 Å². The Hall–Kier alpha value is -3.32. The summed E-state index contributed by atoms with van der Waals surface area (Å²) in [6, 6.07) is 19.5. The van der Waals surface area contributed by atoms with Crippen LogP contribution in [-0.2, 0) is 14.8 Å². The average Bonchev–Trinajstić information content (AvgIpc) is 2.84. The Morgan fingerprint density at radius 1 is 0.944 bits per heavy atom. The molecule has 0 aliphatic rings. The lowest BCUT2D eigenvalue weighted by molar-refractivity contribution is -0.120. The van der Waals surface area contributed by atoms with E-state index >= 15 is 0 Å². The van der Waals surface area contributed by atoms with Gasteiger partial charge in [0.1, 0.15) is 12.3 Å². The van der Waals surface area contributed by atoms with Crippen LogP contribution in [0, 0.1) is 26.7 Å². The molecule has 0 unspecified atom stereocenters. The molecule has 0 aliphatic carbocycles. The molecule has 0 radical (unpaired) electrons. The number of sulfonamides is 1. The highest BCUT2D eigenvalue weighted by Crippen LogP contribution is 2.29. The third-order valence-corrected chi connectivity index (χ3v) is 8.08. The lowest BCUT2D eigenvalue weighted by Crippen LogP contribution is -2.42. The molecule has 192 valence electrons. The van der Waals surface area contributed by atoms with Crippen molar-refractivity contribution < 1.29 is 17.9 Å². The number of ether oxygens (including phenoxy) is 1. The van der Waals surface area contributed by atoms with E-state index in [1.807, 2.05) is 57.2 Å². The van der Waals surface area contributed by atoms with Crippen LogP contribution in [0.15, 0.2) is 71.6 Å². The first kappa shape index (κ1) is 27.3. The van der Waals surface area contributed by atoms with Crippen molar-refractivity contribution in [3.05, 3.63) is 89.0 Å². The van der Waals surface area contributed by atoms with Crippen LogP contribution in [0.5, 0.6) is 5.75 Å². The minimum absolute atomic E-state index is 0.149. The van der Waals surface area contributed by atoms with Crippen LogP contribution in [0.3, 0.4) is 0 Å². The maximum Gasteiger partial charge on any atom is 0.264 e. The second-order valence-corrected chi connectivity index (χ2v) is 11.4. The third kappa shape index (κ3) is 6.46. The van der Waals surface area contributed by atoms with Crippen LogP contribution in [0.25, 0.3) is 0 Å². The number of carbonyl (C=O) groups excluding carboxylic acids is 1. The molecule has 0 saturated carbocycles. The molecule has 3 rings (SSSR count). The number of carbonyl (C=O) groups is 1. The number of nitrogens with zero attached hydrogens (tertiary/aromatic N) is 1. The molecule has 1 atom stereocenters. The number of rotatable bonds is 10. The van der Waals surface area contributed by atoms with E-state index in [4.69, 9.17) is 4.74 Å². The molecule has 3 aromatic carbocycles. The first-order chi connectivity index (χ1) is 17.0. The van der Waals surface area contributed by atoms with Gasteiger partial charge in [-0.2, -0.15) is 0 Å². The zero-order valence-corrected chi connectivity index (χ0v) is 22.7. The van der Waals surface area contributed by atoms with Gasteiger partial charge >= 0.3 is 0 Å². The number of amides is 1. The molecule has 0 aliphatic heterocycles. The van der Waals surface area contributed by atoms with Gasteiger partial charge in [-0.05, 0) is 80.1 Å². The molecule has 0 spiro atoms. The van der Waals surface area contributed by atoms with Crippen LogP contribution in [0.2, 0.25) is 0 Å². The van der Waals surface area contributed by atoms with Crippen molar-refractivity contribution in [3.63, 3.8) is 0 Å². The average molecular weight is 509 g/mol. The van der Waals surface area contributed by atoms with Gasteiger partial charge in [0.2, 0.25) is 5.91 Å². The van der Waals surface area contributed by atoms with E-state index in [1.54, 1.807) is 37.4 Å². The summed E-state index contributed by atoms with van der Waals surface area (Å²) in [5.74, 6) is 0.690. The van der Waals surface area contributed by atoms with E-state index < -0.39 is 10.0 Å². The number of benzene rings is 3. The zero-order valence-electron chi connectivity index (χ0n) is 21.9. The summed E-state index contributed by atoms with van der Waals surface area (Å²) in [6.45, 7) is 9.56. The van der Waals surface area contributed by atoms with E-state index in [1.165, 1.54) is 4.31 Å². The SMILES string of the molecule is COc1ccc([C@H](CC(C)C)NC(=O)CN(c2cccc(C)c2C)S(=O)(=O)c2ccc(C)cc2)cc1. The van der Waals surface area contributed by atoms with Gasteiger partial charge in [0, 0.05) is 0 Å². The molecule has 0 fully saturated rings. The Morgan fingerprint density at radius 2 is 1.58 bits per heavy atom. The van der Waals surface area contributed by atoms with Crippen LogP contribution in [-0.4, -0.2) is 28.0 Å². The highest BCUT2D eigenvalue weighted by molar-refractivity contribution is 7.92. The van der Waals surface area contributed by atoms with Gasteiger partial charge in [-0.1, -0.05) is 55.8 Å². The molecule has 0 saturated heterocycles. The van der Waals surface area contributed by atoms with Crippen LogP contribution < -0.4 is 14.4 Å². The van der Waals surface area contributed by atoms with Crippen molar-refractivity contribution in [3.8, 4) is 5.75 Å². The first-order valence-electron chi connectivity index (χ1n) is 12.1. The van der Waals surface area contributed by atoms with Crippen molar-refractivity contribution in [1.82, 2.24) is 5.32 Å². The largest absolute Gasteiger partial charge is 0.497 e. The molecule has 36 heavy (non-hydrogen) atoms. The Labute approximate surface area is 215 Å². The third-order valence-electron chi connectivity index (χ3n) is 6.30. The van der Waals surface area contributed by atoms with Crippen molar-refractivity contribution in [1.29, 1.82) is 0 Å². The normalized spacial score (nSPS) is 12.3. The summed E-state index contributed by atoms with van der Waals surface area (Å²) in [6.07, 6.45) is 0.715. The molecule has 6 nitrogen and oxygen atoms in total. The summed E-state index contributed by atoms with van der Waals surface area (Å²) in [4.78, 5) is 13.6. The van der Waals surface area contributed by atoms with Crippen LogP contribution >= 0.6 is 0 Å². The maximum absolute atomic E-state index is 13.8. The van der Waals surface area contributed by atoms with E-state index in [9.17, 15) is 13.2 Å². The van der Waals surface area contributed by atoms with Crippen LogP contribution in [0.4, 0.5) is 5.69 Å². The molecule has 0 heterocycles. The standard InChI is InChI=1S/C29H36N2O4S/c1-20(2)18-27(24-12-14-25(35-6)15-13-24)30-29(32)19-31(28-9-7-8-22(4)23(28)5)36(33,34)26-16-10-21(3)11-17-26/h7-17,20,27H,18-19H2,1-6H3,(H,30,32)/t27-/m0/s1. The summed E-state index contributed by atoms with van der Waals surface area (Å²) in [7, 11) is -2.37. The topological polar surface area (TPSA) is 75.7 Å². The number of hydrogen-bond donors (Lipinski definition) is 1. The molecular weight excluding hydrogens is 472 g/mol. The minimum Gasteiger partial charge on any atom is -0.497 e. The van der Waals surface area contributed by atoms with E-state index in [0.29, 0.717) is 18.0 Å². The van der Waals surface area contributed by atoms with Gasteiger partial charge in [0.05, 0.1) is 23.7 Å². The first-order valence-corrected chi connectivity index (χ1v) is 13.6. The molecule has 0 bridgehead atoms. The van der Waals surface area contributed by atoms with Gasteiger partial charge in [-0.3, -0.25) is 9.10 Å². The lowest BCUT2D eigenvalue weighted by atomic mass is 9.97. The number of anilines is 1. The highest BCUT2D eigenvalue weighted by atomic mass is 32.2. The summed E-state index contributed by atoms with van der Waals surface area (Å²) >= 11 is 0. The molecular formula is C29H36N2O4S. The Balaban J connectivity index is 1.96. The predicted octanol–water partition coefficient (Wildman–Crippen LogP) is 5.72. The lowest BCUT2D eigenvalue weighted by Gasteiger charge is -2.28. The highest BCUT2D eigenvalue weighted by Gasteiger charge is 2.29. The van der Waals surface area contributed by atoms with Gasteiger partial charge in [0.15, 0.2) is 0 Å². The summed E-state index contributed by atoms with van der Waals surface area (Å²) in [5.41, 5.74) is 4.16. The maximum atomic E-state index is 13.8. The number of nitrogens with one attached hydrogen (secondary N) is 1. The summed E-state index contributed by atoms with van der Waals surface area (Å²) in [5, 5.41) is 3.08. The van der Waals surface area contributed by atoms with Gasteiger partial charge < -0.3 is 10.1 Å². The van der Waals surface area contributed by atoms with Crippen molar-refractivity contribution in [2.45, 2.75) is 52.0 Å². The Bertz CT molecular complexity index is 1280. The van der Waals surface area contributed by atoms with E-state index in [2.05, 4.69) is 19.2 Å². The monoisotopic (exact) mass is 508 g/mol. The zero-order chi connectivity index (χ0) is 26.5. The smallest absolute Gasteiger partial charge is 0.264 e.